The minimum atomic E-state index is -0.164. The maximum atomic E-state index is 10.9. The Bertz CT molecular complexity index is 151. The molecule has 0 radical (unpaired) electrons. The molecule has 1 unspecified atom stereocenters. The van der Waals surface area contributed by atoms with Gasteiger partial charge in [-0.25, -0.2) is 0 Å². The molecule has 0 aromatic rings. The number of hydrogen-bond donors (Lipinski definition) is 1. The van der Waals surface area contributed by atoms with E-state index in [1.807, 2.05) is 0 Å². The number of carbonyl (C=O) groups is 1. The van der Waals surface area contributed by atoms with Gasteiger partial charge in [-0.3, -0.25) is 9.69 Å². The Morgan fingerprint density at radius 2 is 2.23 bits per heavy atom. The highest BCUT2D eigenvalue weighted by molar-refractivity contribution is 5.69. The van der Waals surface area contributed by atoms with Crippen LogP contribution in [0.5, 0.6) is 0 Å². The van der Waals surface area contributed by atoms with Crippen molar-refractivity contribution in [1.29, 1.82) is 0 Å². The summed E-state index contributed by atoms with van der Waals surface area (Å²) in [5, 5.41) is 0. The van der Waals surface area contributed by atoms with Gasteiger partial charge in [-0.1, -0.05) is 6.92 Å². The Balaban J connectivity index is 3.78. The van der Waals surface area contributed by atoms with Gasteiger partial charge < -0.3 is 10.5 Å². The van der Waals surface area contributed by atoms with Gasteiger partial charge in [-0.15, -0.1) is 0 Å². The van der Waals surface area contributed by atoms with Crippen molar-refractivity contribution in [1.82, 2.24) is 4.90 Å². The Morgan fingerprint density at radius 3 is 2.62 bits per heavy atom. The van der Waals surface area contributed by atoms with E-state index in [9.17, 15) is 4.79 Å². The number of nitrogens with two attached hydrogens (primary N) is 1. The molecule has 13 heavy (non-hydrogen) atoms. The minimum absolute atomic E-state index is 0.164. The molecular formula is C9H20N2O2. The summed E-state index contributed by atoms with van der Waals surface area (Å²) in [6.45, 7) is 6.37. The van der Waals surface area contributed by atoms with Crippen LogP contribution in [0.2, 0.25) is 0 Å². The second-order valence-corrected chi connectivity index (χ2v) is 3.04. The number of methoxy groups -OCH3 is 1. The fourth-order valence-electron chi connectivity index (χ4n) is 1.18. The van der Waals surface area contributed by atoms with Gasteiger partial charge in [0.1, 0.15) is 0 Å². The monoisotopic (exact) mass is 188 g/mol. The van der Waals surface area contributed by atoms with E-state index in [-0.39, 0.29) is 5.97 Å². The Labute approximate surface area is 80.0 Å². The smallest absolute Gasteiger partial charge is 0.306 e. The number of rotatable bonds is 6. The van der Waals surface area contributed by atoms with Gasteiger partial charge in [0.05, 0.1) is 13.5 Å². The van der Waals surface area contributed by atoms with E-state index in [1.54, 1.807) is 0 Å². The Hall–Kier alpha value is -0.610. The highest BCUT2D eigenvalue weighted by Gasteiger charge is 2.11. The summed E-state index contributed by atoms with van der Waals surface area (Å²) in [4.78, 5) is 13.0. The number of likely N-dealkylation sites (N-methyl/N-ethyl adjacent to an activating group) is 1. The maximum Gasteiger partial charge on any atom is 0.306 e. The first kappa shape index (κ1) is 12.4. The highest BCUT2D eigenvalue weighted by Crippen LogP contribution is 1.99. The lowest BCUT2D eigenvalue weighted by Crippen LogP contribution is -2.39. The first-order valence-corrected chi connectivity index (χ1v) is 4.66. The molecule has 4 heteroatoms. The lowest BCUT2D eigenvalue weighted by Gasteiger charge is -2.25. The summed E-state index contributed by atoms with van der Waals surface area (Å²) in [6, 6.07) is 0.328. The maximum absolute atomic E-state index is 10.9. The van der Waals surface area contributed by atoms with Gasteiger partial charge in [0, 0.05) is 19.1 Å². The zero-order valence-corrected chi connectivity index (χ0v) is 8.75. The third kappa shape index (κ3) is 4.85. The lowest BCUT2D eigenvalue weighted by molar-refractivity contribution is -0.141. The highest BCUT2D eigenvalue weighted by atomic mass is 16.5. The molecule has 0 rings (SSSR count). The predicted octanol–water partition coefficient (Wildman–Crippen LogP) is 0.219. The zero-order valence-electron chi connectivity index (χ0n) is 8.75. The molecule has 0 saturated carbocycles. The first-order valence-electron chi connectivity index (χ1n) is 4.66. The van der Waals surface area contributed by atoms with E-state index in [2.05, 4.69) is 23.5 Å². The topological polar surface area (TPSA) is 55.6 Å². The normalized spacial score (nSPS) is 13.0. The summed E-state index contributed by atoms with van der Waals surface area (Å²) >= 11 is 0. The molecule has 78 valence electrons. The van der Waals surface area contributed by atoms with Crippen LogP contribution in [-0.4, -0.2) is 43.7 Å². The van der Waals surface area contributed by atoms with E-state index in [0.717, 1.165) is 13.1 Å². The number of nitrogens with zero attached hydrogens (tertiary/aromatic N) is 1. The summed E-state index contributed by atoms with van der Waals surface area (Å²) < 4.78 is 4.56. The summed E-state index contributed by atoms with van der Waals surface area (Å²) in [6.07, 6.45) is 0.439. The van der Waals surface area contributed by atoms with E-state index < -0.39 is 0 Å². The van der Waals surface area contributed by atoms with Gasteiger partial charge in [-0.05, 0) is 13.5 Å². The van der Waals surface area contributed by atoms with Crippen molar-refractivity contribution in [2.75, 3.05) is 26.7 Å². The van der Waals surface area contributed by atoms with E-state index in [4.69, 9.17) is 5.73 Å². The second kappa shape index (κ2) is 6.86. The third-order valence-corrected chi connectivity index (χ3v) is 2.20. The van der Waals surface area contributed by atoms with E-state index in [1.165, 1.54) is 7.11 Å². The molecule has 0 spiro atoms. The van der Waals surface area contributed by atoms with Crippen LogP contribution >= 0.6 is 0 Å². The van der Waals surface area contributed by atoms with Crippen LogP contribution in [0.3, 0.4) is 0 Å². The molecule has 0 fully saturated rings. The van der Waals surface area contributed by atoms with Gasteiger partial charge in [-0.2, -0.15) is 0 Å². The fourth-order valence-corrected chi connectivity index (χ4v) is 1.18. The molecule has 4 nitrogen and oxygen atoms in total. The van der Waals surface area contributed by atoms with Gasteiger partial charge in [0.2, 0.25) is 0 Å². The van der Waals surface area contributed by atoms with Crippen LogP contribution in [0.4, 0.5) is 0 Å². The van der Waals surface area contributed by atoms with Crippen molar-refractivity contribution < 1.29 is 9.53 Å². The average Bonchev–Trinajstić information content (AvgIpc) is 2.17. The Kier molecular flexibility index (Phi) is 6.54. The molecular weight excluding hydrogens is 168 g/mol. The van der Waals surface area contributed by atoms with E-state index in [0.29, 0.717) is 19.0 Å². The lowest BCUT2D eigenvalue weighted by atomic mass is 10.2. The van der Waals surface area contributed by atoms with Gasteiger partial charge >= 0.3 is 5.97 Å². The summed E-state index contributed by atoms with van der Waals surface area (Å²) in [7, 11) is 1.41. The van der Waals surface area contributed by atoms with Crippen molar-refractivity contribution in [2.24, 2.45) is 5.73 Å². The van der Waals surface area contributed by atoms with Crippen molar-refractivity contribution in [2.45, 2.75) is 26.3 Å². The number of ether oxygens (including phenoxy) is 1. The SMILES string of the molecule is CCN(CCC(=O)OC)C(C)CN. The molecule has 0 aromatic heterocycles. The standard InChI is InChI=1S/C9H20N2O2/c1-4-11(8(2)7-10)6-5-9(12)13-3/h8H,4-7,10H2,1-3H3. The molecule has 0 aliphatic carbocycles. The molecule has 0 bridgehead atoms. The van der Waals surface area contributed by atoms with Crippen LogP contribution in [0.25, 0.3) is 0 Å². The fraction of sp³-hybridized carbons (Fsp3) is 0.889. The van der Waals surface area contributed by atoms with Crippen LogP contribution in [-0.2, 0) is 9.53 Å². The van der Waals surface area contributed by atoms with Crippen LogP contribution in [0.1, 0.15) is 20.3 Å². The summed E-state index contributed by atoms with van der Waals surface area (Å²) in [5.41, 5.74) is 5.53. The molecule has 0 saturated heterocycles. The molecule has 1 atom stereocenters. The van der Waals surface area contributed by atoms with Crippen molar-refractivity contribution in [3.63, 3.8) is 0 Å². The predicted molar refractivity (Wildman–Crippen MR) is 52.4 cm³/mol. The summed E-state index contributed by atoms with van der Waals surface area (Å²) in [5.74, 6) is -0.164. The largest absolute Gasteiger partial charge is 0.469 e. The Morgan fingerprint density at radius 1 is 1.62 bits per heavy atom. The third-order valence-electron chi connectivity index (χ3n) is 2.20. The molecule has 0 heterocycles. The average molecular weight is 188 g/mol. The van der Waals surface area contributed by atoms with E-state index >= 15 is 0 Å². The van der Waals surface area contributed by atoms with Gasteiger partial charge in [0.25, 0.3) is 0 Å². The van der Waals surface area contributed by atoms with Crippen LogP contribution < -0.4 is 5.73 Å². The first-order chi connectivity index (χ1) is 6.15. The van der Waals surface area contributed by atoms with Crippen molar-refractivity contribution in [3.05, 3.63) is 0 Å². The second-order valence-electron chi connectivity index (χ2n) is 3.04. The van der Waals surface area contributed by atoms with Crippen molar-refractivity contribution >= 4 is 5.97 Å². The molecule has 0 aliphatic rings. The van der Waals surface area contributed by atoms with Crippen LogP contribution in [0.15, 0.2) is 0 Å². The zero-order chi connectivity index (χ0) is 10.3. The van der Waals surface area contributed by atoms with Gasteiger partial charge in [0.15, 0.2) is 0 Å². The number of esters is 1. The molecule has 0 aliphatic heterocycles. The van der Waals surface area contributed by atoms with Crippen molar-refractivity contribution in [3.8, 4) is 0 Å². The quantitative estimate of drug-likeness (QED) is 0.606. The molecule has 0 amide bonds. The minimum Gasteiger partial charge on any atom is -0.469 e. The number of hydrogen-bond acceptors (Lipinski definition) is 4. The number of carbonyl (C=O) groups excluding carboxylic acids is 1. The van der Waals surface area contributed by atoms with Crippen LogP contribution in [0, 0.1) is 0 Å². The molecule has 0 aromatic carbocycles. The molecule has 2 N–H and O–H groups in total.